The maximum Gasteiger partial charge on any atom is 0.136 e. The van der Waals surface area contributed by atoms with Gasteiger partial charge in [0, 0.05) is 47.4 Å². The van der Waals surface area contributed by atoms with Crippen molar-refractivity contribution in [3.8, 4) is 0 Å². The van der Waals surface area contributed by atoms with Crippen LogP contribution in [0.1, 0.15) is 38.4 Å². The second-order valence-electron chi connectivity index (χ2n) is 4.66. The molecule has 1 fully saturated rings. The molecule has 2 N–H and O–H groups in total. The summed E-state index contributed by atoms with van der Waals surface area (Å²) < 4.78 is 11.4. The minimum absolute atomic E-state index is 0.531. The summed E-state index contributed by atoms with van der Waals surface area (Å²) >= 11 is 0. The van der Waals surface area contributed by atoms with Crippen LogP contribution in [0.2, 0.25) is 0 Å². The first kappa shape index (κ1) is 14.2. The Labute approximate surface area is 117 Å². The normalized spacial score (nSPS) is 16.1. The van der Waals surface area contributed by atoms with E-state index in [1.54, 1.807) is 0 Å². The van der Waals surface area contributed by atoms with Crippen LogP contribution in [0.3, 0.4) is 0 Å². The summed E-state index contributed by atoms with van der Waals surface area (Å²) in [5.41, 5.74) is 0. The summed E-state index contributed by atoms with van der Waals surface area (Å²) in [4.78, 5) is 9.06. The highest BCUT2D eigenvalue weighted by molar-refractivity contribution is 7.84. The topological polar surface area (TPSA) is 66.9 Å². The van der Waals surface area contributed by atoms with Gasteiger partial charge >= 0.3 is 0 Å². The van der Waals surface area contributed by atoms with Crippen molar-refractivity contribution in [3.05, 3.63) is 11.9 Å². The summed E-state index contributed by atoms with van der Waals surface area (Å²) in [5.74, 6) is 4.54. The van der Waals surface area contributed by atoms with Crippen molar-refractivity contribution >= 4 is 22.4 Å². The molecule has 1 heterocycles. The molecule has 19 heavy (non-hydrogen) atoms. The lowest BCUT2D eigenvalue weighted by molar-refractivity contribution is 0.684. The van der Waals surface area contributed by atoms with Crippen molar-refractivity contribution in [1.29, 1.82) is 0 Å². The molecule has 1 aromatic rings. The highest BCUT2D eigenvalue weighted by Gasteiger charge is 2.27. The van der Waals surface area contributed by atoms with E-state index in [2.05, 4.69) is 27.5 Å². The molecule has 0 aromatic carbocycles. The van der Waals surface area contributed by atoms with E-state index >= 15 is 0 Å². The molecule has 0 amide bonds. The van der Waals surface area contributed by atoms with Gasteiger partial charge in [-0.15, -0.1) is 0 Å². The van der Waals surface area contributed by atoms with Gasteiger partial charge in [-0.3, -0.25) is 4.21 Å². The van der Waals surface area contributed by atoms with Crippen LogP contribution in [0.4, 0.5) is 11.6 Å². The van der Waals surface area contributed by atoms with Crippen molar-refractivity contribution in [2.75, 3.05) is 35.2 Å². The predicted octanol–water partition coefficient (Wildman–Crippen LogP) is 1.97. The van der Waals surface area contributed by atoms with E-state index in [-0.39, 0.29) is 0 Å². The summed E-state index contributed by atoms with van der Waals surface area (Å²) in [6, 6.07) is 1.92. The standard InChI is InChI=1S/C13H22N4OS/c1-3-14-11-9-12(15-7-8-19(18)4-2)17-13(16-11)10-5-6-10/h9-10H,3-8H2,1-2H3,(H2,14,15,16,17). The maximum atomic E-state index is 11.4. The Morgan fingerprint density at radius 1 is 1.26 bits per heavy atom. The van der Waals surface area contributed by atoms with Crippen LogP contribution >= 0.6 is 0 Å². The zero-order valence-electron chi connectivity index (χ0n) is 11.6. The number of aromatic nitrogens is 2. The Balaban J connectivity index is 1.99. The largest absolute Gasteiger partial charge is 0.370 e. The second kappa shape index (κ2) is 6.84. The molecule has 0 bridgehead atoms. The van der Waals surface area contributed by atoms with Gasteiger partial charge in [0.1, 0.15) is 17.5 Å². The second-order valence-corrected chi connectivity index (χ2v) is 6.53. The number of nitrogens with one attached hydrogen (secondary N) is 2. The number of rotatable bonds is 8. The summed E-state index contributed by atoms with van der Waals surface area (Å²) in [7, 11) is -0.733. The van der Waals surface area contributed by atoms with Crippen LogP contribution in [0, 0.1) is 0 Å². The van der Waals surface area contributed by atoms with E-state index in [1.807, 2.05) is 13.0 Å². The fourth-order valence-electron chi connectivity index (χ4n) is 1.79. The number of hydrogen-bond donors (Lipinski definition) is 2. The lowest BCUT2D eigenvalue weighted by atomic mass is 10.3. The Morgan fingerprint density at radius 2 is 1.95 bits per heavy atom. The van der Waals surface area contributed by atoms with Crippen molar-refractivity contribution < 1.29 is 4.21 Å². The van der Waals surface area contributed by atoms with Crippen LogP contribution in [0.15, 0.2) is 6.07 Å². The van der Waals surface area contributed by atoms with Gasteiger partial charge in [0.2, 0.25) is 0 Å². The molecule has 0 radical (unpaired) electrons. The van der Waals surface area contributed by atoms with Crippen molar-refractivity contribution in [3.63, 3.8) is 0 Å². The highest BCUT2D eigenvalue weighted by Crippen LogP contribution is 2.38. The quantitative estimate of drug-likeness (QED) is 0.763. The molecule has 1 aromatic heterocycles. The molecule has 1 aliphatic carbocycles. The van der Waals surface area contributed by atoms with Gasteiger partial charge in [-0.1, -0.05) is 6.92 Å². The number of hydrogen-bond acceptors (Lipinski definition) is 5. The molecule has 1 atom stereocenters. The third kappa shape index (κ3) is 4.45. The van der Waals surface area contributed by atoms with E-state index in [9.17, 15) is 4.21 Å². The number of anilines is 2. The SMILES string of the molecule is CCNc1cc(NCCS(=O)CC)nc(C2CC2)n1. The van der Waals surface area contributed by atoms with E-state index in [4.69, 9.17) is 0 Å². The van der Waals surface area contributed by atoms with Crippen molar-refractivity contribution in [2.45, 2.75) is 32.6 Å². The maximum absolute atomic E-state index is 11.4. The molecule has 0 spiro atoms. The van der Waals surface area contributed by atoms with Gasteiger partial charge in [0.25, 0.3) is 0 Å². The predicted molar refractivity (Wildman–Crippen MR) is 80.2 cm³/mol. The first-order valence-corrected chi connectivity index (χ1v) is 8.43. The van der Waals surface area contributed by atoms with Gasteiger partial charge in [0.05, 0.1) is 0 Å². The molecule has 1 aliphatic rings. The average Bonchev–Trinajstić information content (AvgIpc) is 3.23. The summed E-state index contributed by atoms with van der Waals surface area (Å²) in [6.45, 7) is 5.53. The zero-order chi connectivity index (χ0) is 13.7. The zero-order valence-corrected chi connectivity index (χ0v) is 12.4. The molecule has 5 nitrogen and oxygen atoms in total. The Bertz CT molecular complexity index is 448. The Hall–Kier alpha value is -1.17. The highest BCUT2D eigenvalue weighted by atomic mass is 32.2. The minimum atomic E-state index is -0.733. The molecule has 2 rings (SSSR count). The monoisotopic (exact) mass is 282 g/mol. The third-order valence-corrected chi connectivity index (χ3v) is 4.31. The fraction of sp³-hybridized carbons (Fsp3) is 0.692. The van der Waals surface area contributed by atoms with Crippen molar-refractivity contribution in [1.82, 2.24) is 9.97 Å². The van der Waals surface area contributed by atoms with E-state index in [0.717, 1.165) is 24.0 Å². The van der Waals surface area contributed by atoms with Crippen LogP contribution < -0.4 is 10.6 Å². The van der Waals surface area contributed by atoms with Gasteiger partial charge in [-0.05, 0) is 19.8 Å². The van der Waals surface area contributed by atoms with Crippen LogP contribution in [-0.4, -0.2) is 38.8 Å². The van der Waals surface area contributed by atoms with E-state index < -0.39 is 10.8 Å². The number of nitrogens with zero attached hydrogens (tertiary/aromatic N) is 2. The molecule has 0 saturated heterocycles. The van der Waals surface area contributed by atoms with E-state index in [0.29, 0.717) is 24.0 Å². The molecular formula is C13H22N4OS. The van der Waals surface area contributed by atoms with Crippen molar-refractivity contribution in [2.24, 2.45) is 0 Å². The molecule has 106 valence electrons. The molecule has 6 heteroatoms. The minimum Gasteiger partial charge on any atom is -0.370 e. The lowest BCUT2D eigenvalue weighted by Gasteiger charge is -2.10. The first-order valence-electron chi connectivity index (χ1n) is 6.94. The van der Waals surface area contributed by atoms with Crippen LogP contribution in [0.25, 0.3) is 0 Å². The summed E-state index contributed by atoms with van der Waals surface area (Å²) in [6.07, 6.45) is 2.38. The molecule has 1 unspecified atom stereocenters. The van der Waals surface area contributed by atoms with Gasteiger partial charge < -0.3 is 10.6 Å². The molecular weight excluding hydrogens is 260 g/mol. The molecule has 1 saturated carbocycles. The summed E-state index contributed by atoms with van der Waals surface area (Å²) in [5, 5.41) is 6.48. The van der Waals surface area contributed by atoms with Crippen LogP contribution in [0.5, 0.6) is 0 Å². The third-order valence-electron chi connectivity index (χ3n) is 3.00. The lowest BCUT2D eigenvalue weighted by Crippen LogP contribution is -2.14. The van der Waals surface area contributed by atoms with E-state index in [1.165, 1.54) is 12.8 Å². The Morgan fingerprint density at radius 3 is 2.53 bits per heavy atom. The molecule has 0 aliphatic heterocycles. The smallest absolute Gasteiger partial charge is 0.136 e. The van der Waals surface area contributed by atoms with Gasteiger partial charge in [-0.25, -0.2) is 9.97 Å². The fourth-order valence-corrected chi connectivity index (χ4v) is 2.41. The Kier molecular flexibility index (Phi) is 5.13. The van der Waals surface area contributed by atoms with Gasteiger partial charge in [0.15, 0.2) is 0 Å². The average molecular weight is 282 g/mol. The van der Waals surface area contributed by atoms with Crippen LogP contribution in [-0.2, 0) is 10.8 Å². The van der Waals surface area contributed by atoms with Gasteiger partial charge in [-0.2, -0.15) is 0 Å². The first-order chi connectivity index (χ1) is 9.22.